The second-order valence-electron chi connectivity index (χ2n) is 7.93. The van der Waals surface area contributed by atoms with E-state index in [2.05, 4.69) is 12.1 Å². The number of carbonyl (C=O) groups excluding carboxylic acids is 1. The van der Waals surface area contributed by atoms with Gasteiger partial charge in [0.25, 0.3) is 0 Å². The van der Waals surface area contributed by atoms with Crippen LogP contribution >= 0.6 is 0 Å². The molecule has 1 N–H and O–H groups in total. The molecule has 0 bridgehead atoms. The van der Waals surface area contributed by atoms with Crippen molar-refractivity contribution in [2.45, 2.75) is 46.6 Å². The van der Waals surface area contributed by atoms with Gasteiger partial charge in [0.15, 0.2) is 0 Å². The van der Waals surface area contributed by atoms with Crippen molar-refractivity contribution in [2.24, 2.45) is 0 Å². The quantitative estimate of drug-likeness (QED) is 0.447. The Bertz CT molecular complexity index is 1100. The molecule has 1 unspecified atom stereocenters. The van der Waals surface area contributed by atoms with E-state index in [1.54, 1.807) is 12.1 Å². The van der Waals surface area contributed by atoms with Gasteiger partial charge in [-0.1, -0.05) is 38.1 Å². The summed E-state index contributed by atoms with van der Waals surface area (Å²) in [5.41, 5.74) is 6.36. The van der Waals surface area contributed by atoms with Crippen molar-refractivity contribution >= 4 is 5.97 Å². The lowest BCUT2D eigenvalue weighted by Crippen LogP contribution is -2.09. The van der Waals surface area contributed by atoms with E-state index in [-0.39, 0.29) is 17.6 Å². The Balaban J connectivity index is 0.00000149. The zero-order valence-electron chi connectivity index (χ0n) is 20.0. The predicted molar refractivity (Wildman–Crippen MR) is 130 cm³/mol. The standard InChI is InChI=1S/C26H26O5.C2H6/c1-16-9-21(27)10-17(2)26(16)19-6-4-5-18(11-19)14-30-22-7-8-23-20(12-25(28)29-3)15-31-24(23)13-22;1-2/h4-11,13,20,27H,12,14-15H2,1-3H3;1-2H3. The Kier molecular flexibility index (Phi) is 7.99. The molecule has 1 heterocycles. The van der Waals surface area contributed by atoms with Crippen molar-refractivity contribution in [3.05, 3.63) is 76.9 Å². The minimum absolute atomic E-state index is 0.0185. The number of methoxy groups -OCH3 is 1. The smallest absolute Gasteiger partial charge is 0.306 e. The number of phenolic OH excluding ortho intramolecular Hbond substituents is 1. The van der Waals surface area contributed by atoms with Crippen LogP contribution in [0.4, 0.5) is 0 Å². The molecule has 0 amide bonds. The number of hydrogen-bond acceptors (Lipinski definition) is 5. The van der Waals surface area contributed by atoms with Crippen LogP contribution in [0.1, 0.15) is 48.4 Å². The number of rotatable bonds is 6. The second-order valence-corrected chi connectivity index (χ2v) is 7.93. The van der Waals surface area contributed by atoms with Gasteiger partial charge in [-0.2, -0.15) is 0 Å². The van der Waals surface area contributed by atoms with Gasteiger partial charge in [0.05, 0.1) is 20.1 Å². The van der Waals surface area contributed by atoms with Gasteiger partial charge in [-0.15, -0.1) is 0 Å². The van der Waals surface area contributed by atoms with E-state index in [1.165, 1.54) is 7.11 Å². The van der Waals surface area contributed by atoms with Crippen LogP contribution in [0, 0.1) is 13.8 Å². The molecule has 0 saturated carbocycles. The van der Waals surface area contributed by atoms with E-state index in [1.807, 2.05) is 58.0 Å². The third-order valence-corrected chi connectivity index (χ3v) is 5.64. The molecule has 0 saturated heterocycles. The average molecular weight is 449 g/mol. The third-order valence-electron chi connectivity index (χ3n) is 5.64. The van der Waals surface area contributed by atoms with Crippen LogP contribution < -0.4 is 9.47 Å². The van der Waals surface area contributed by atoms with E-state index < -0.39 is 0 Å². The van der Waals surface area contributed by atoms with E-state index in [9.17, 15) is 9.90 Å². The molecule has 0 spiro atoms. The fraction of sp³-hybridized carbons (Fsp3) is 0.321. The highest BCUT2D eigenvalue weighted by Gasteiger charge is 2.27. The lowest BCUT2D eigenvalue weighted by Gasteiger charge is -2.13. The predicted octanol–water partition coefficient (Wildman–Crippen LogP) is 6.32. The molecule has 1 aliphatic rings. The lowest BCUT2D eigenvalue weighted by molar-refractivity contribution is -0.141. The number of fused-ring (bicyclic) bond motifs is 1. The maximum atomic E-state index is 11.6. The summed E-state index contributed by atoms with van der Waals surface area (Å²) < 4.78 is 16.5. The number of hydrogen-bond donors (Lipinski definition) is 1. The molecule has 3 aromatic rings. The molecule has 0 fully saturated rings. The number of aryl methyl sites for hydroxylation is 2. The van der Waals surface area contributed by atoms with Gasteiger partial charge in [-0.05, 0) is 65.9 Å². The number of aromatic hydroxyl groups is 1. The number of phenols is 1. The van der Waals surface area contributed by atoms with Crippen molar-refractivity contribution in [1.82, 2.24) is 0 Å². The molecule has 5 nitrogen and oxygen atoms in total. The van der Waals surface area contributed by atoms with E-state index in [4.69, 9.17) is 14.2 Å². The summed E-state index contributed by atoms with van der Waals surface area (Å²) >= 11 is 0. The van der Waals surface area contributed by atoms with Gasteiger partial charge >= 0.3 is 5.97 Å². The van der Waals surface area contributed by atoms with Crippen LogP contribution in [0.15, 0.2) is 54.6 Å². The van der Waals surface area contributed by atoms with E-state index in [0.717, 1.165) is 44.9 Å². The van der Waals surface area contributed by atoms with Crippen molar-refractivity contribution < 1.29 is 24.1 Å². The third kappa shape index (κ3) is 5.67. The van der Waals surface area contributed by atoms with Crippen LogP contribution in [0.5, 0.6) is 17.2 Å². The first kappa shape index (κ1) is 24.2. The first-order valence-electron chi connectivity index (χ1n) is 11.3. The fourth-order valence-corrected chi connectivity index (χ4v) is 4.18. The van der Waals surface area contributed by atoms with Gasteiger partial charge in [0, 0.05) is 17.5 Å². The van der Waals surface area contributed by atoms with Crippen molar-refractivity contribution in [3.63, 3.8) is 0 Å². The van der Waals surface area contributed by atoms with Gasteiger partial charge in [0.1, 0.15) is 23.9 Å². The molecule has 3 aromatic carbocycles. The first-order valence-corrected chi connectivity index (χ1v) is 11.3. The Hall–Kier alpha value is -3.47. The minimum atomic E-state index is -0.235. The Labute approximate surface area is 195 Å². The summed E-state index contributed by atoms with van der Waals surface area (Å²) in [5.74, 6) is 1.55. The van der Waals surface area contributed by atoms with Crippen LogP contribution in [0.25, 0.3) is 11.1 Å². The molecule has 0 aliphatic carbocycles. The van der Waals surface area contributed by atoms with Gasteiger partial charge in [-0.25, -0.2) is 0 Å². The summed E-state index contributed by atoms with van der Waals surface area (Å²) in [6, 6.07) is 17.6. The van der Waals surface area contributed by atoms with Crippen LogP contribution in [-0.4, -0.2) is 24.8 Å². The molecular weight excluding hydrogens is 416 g/mol. The molecule has 174 valence electrons. The molecule has 1 aliphatic heterocycles. The minimum Gasteiger partial charge on any atom is -0.508 e. The number of ether oxygens (including phenoxy) is 3. The SMILES string of the molecule is CC.COC(=O)CC1COc2cc(OCc3cccc(-c4c(C)cc(O)cc4C)c3)ccc21. The summed E-state index contributed by atoms with van der Waals surface area (Å²) in [4.78, 5) is 11.6. The number of esters is 1. The Morgan fingerprint density at radius 2 is 1.79 bits per heavy atom. The summed E-state index contributed by atoms with van der Waals surface area (Å²) in [5, 5.41) is 9.82. The summed E-state index contributed by atoms with van der Waals surface area (Å²) in [6.07, 6.45) is 0.312. The molecule has 0 aromatic heterocycles. The van der Waals surface area contributed by atoms with Gasteiger partial charge in [-0.3, -0.25) is 4.79 Å². The van der Waals surface area contributed by atoms with Crippen molar-refractivity contribution in [3.8, 4) is 28.4 Å². The topological polar surface area (TPSA) is 65.0 Å². The zero-order valence-corrected chi connectivity index (χ0v) is 20.0. The van der Waals surface area contributed by atoms with Gasteiger partial charge < -0.3 is 19.3 Å². The largest absolute Gasteiger partial charge is 0.508 e. The van der Waals surface area contributed by atoms with Crippen molar-refractivity contribution in [2.75, 3.05) is 13.7 Å². The maximum absolute atomic E-state index is 11.6. The highest BCUT2D eigenvalue weighted by atomic mass is 16.5. The molecule has 33 heavy (non-hydrogen) atoms. The van der Waals surface area contributed by atoms with Crippen LogP contribution in [0.3, 0.4) is 0 Å². The van der Waals surface area contributed by atoms with Gasteiger partial charge in [0.2, 0.25) is 0 Å². The summed E-state index contributed by atoms with van der Waals surface area (Å²) in [6.45, 7) is 8.90. The molecular formula is C28H32O5. The molecule has 1 atom stereocenters. The molecule has 0 radical (unpaired) electrons. The molecule has 4 rings (SSSR count). The monoisotopic (exact) mass is 448 g/mol. The van der Waals surface area contributed by atoms with E-state index >= 15 is 0 Å². The normalized spacial score (nSPS) is 13.9. The van der Waals surface area contributed by atoms with Crippen LogP contribution in [0.2, 0.25) is 0 Å². The molecule has 5 heteroatoms. The highest BCUT2D eigenvalue weighted by Crippen LogP contribution is 2.38. The highest BCUT2D eigenvalue weighted by molar-refractivity contribution is 5.72. The Morgan fingerprint density at radius 3 is 2.48 bits per heavy atom. The van der Waals surface area contributed by atoms with Crippen molar-refractivity contribution in [1.29, 1.82) is 0 Å². The van der Waals surface area contributed by atoms with Crippen LogP contribution in [-0.2, 0) is 16.1 Å². The second kappa shape index (κ2) is 10.9. The fourth-order valence-electron chi connectivity index (χ4n) is 4.18. The Morgan fingerprint density at radius 1 is 1.06 bits per heavy atom. The maximum Gasteiger partial charge on any atom is 0.306 e. The summed E-state index contributed by atoms with van der Waals surface area (Å²) in [7, 11) is 1.40. The average Bonchev–Trinajstić information content (AvgIpc) is 3.20. The first-order chi connectivity index (χ1) is 15.9. The number of carbonyl (C=O) groups is 1. The zero-order chi connectivity index (χ0) is 24.0. The van der Waals surface area contributed by atoms with E-state index in [0.29, 0.717) is 19.6 Å². The number of benzene rings is 3. The lowest BCUT2D eigenvalue weighted by atomic mass is 9.94.